The van der Waals surface area contributed by atoms with E-state index in [4.69, 9.17) is 11.0 Å². The van der Waals surface area contributed by atoms with Crippen molar-refractivity contribution in [2.45, 2.75) is 52.4 Å². The molecule has 0 radical (unpaired) electrons. The first-order chi connectivity index (χ1) is 50.6. The monoisotopic (exact) mass is 1110 g/mol. The van der Waals surface area contributed by atoms with Gasteiger partial charge in [0.05, 0.1) is 63.6 Å². The molecule has 0 aliphatic carbocycles. The summed E-state index contributed by atoms with van der Waals surface area (Å²) < 4.78 is 217. The molecule has 12 aromatic carbocycles. The Hall–Kier alpha value is -10.1. The Morgan fingerprint density at radius 2 is 0.706 bits per heavy atom. The van der Waals surface area contributed by atoms with Crippen molar-refractivity contribution < 1.29 is 30.2 Å². The molecule has 2 aromatic heterocycles. The molecule has 0 atom stereocenters. The molecule has 0 N–H and O–H groups in total. The van der Waals surface area contributed by atoms with E-state index in [1.165, 1.54) is 0 Å². The SMILES string of the molecule is [2H]c1c([2H])c(-n2c3c([2H])c([2H])c([2H])c([2H])c3c3c([2H])c([2H])c([2H])c([2H])c32)c([2H])c2c1B1c3c(cc(-c4ccccc4)cc3N(c3ccccc3-c3cccc(C(C)(C)C)c3)c3c([2H])c(-n4c5c([2H])c([2H])c([2H])c([2H])c5c5c([2H])c([2H])c([2H])c([2H])c54)c([2H])c([2H])c31)N2c1ccccc1-c1cccc(C(C)(C)C)c1. The lowest BCUT2D eigenvalue weighted by Gasteiger charge is -2.45. The molecule has 4 heterocycles. The fraction of sp³-hybridized carbons (Fsp3) is 0.100. The molecule has 2 aliphatic rings. The molecular formula is C80H63BN4. The van der Waals surface area contributed by atoms with Crippen molar-refractivity contribution in [1.82, 2.24) is 9.13 Å². The molecule has 2 aliphatic heterocycles. The zero-order valence-corrected chi connectivity index (χ0v) is 47.1. The highest BCUT2D eigenvalue weighted by Gasteiger charge is 2.45. The van der Waals surface area contributed by atoms with Gasteiger partial charge < -0.3 is 18.9 Å². The predicted molar refractivity (Wildman–Crippen MR) is 363 cm³/mol. The van der Waals surface area contributed by atoms with E-state index in [2.05, 4.69) is 53.7 Å². The van der Waals surface area contributed by atoms with Crippen molar-refractivity contribution in [1.29, 1.82) is 0 Å². The van der Waals surface area contributed by atoms with E-state index in [-0.39, 0.29) is 54.7 Å². The van der Waals surface area contributed by atoms with Crippen molar-refractivity contribution in [2.75, 3.05) is 9.80 Å². The predicted octanol–water partition coefficient (Wildman–Crippen LogP) is 19.6. The summed E-state index contributed by atoms with van der Waals surface area (Å²) in [6.07, 6.45) is 0. The third kappa shape index (κ3) is 8.05. The molecule has 0 saturated heterocycles. The van der Waals surface area contributed by atoms with Gasteiger partial charge in [0.2, 0.25) is 0 Å². The Kier molecular flexibility index (Phi) is 7.39. The summed E-state index contributed by atoms with van der Waals surface area (Å²) in [7, 11) is 0. The maximum Gasteiger partial charge on any atom is 0.252 e. The number of rotatable bonds is 7. The van der Waals surface area contributed by atoms with Crippen molar-refractivity contribution in [3.8, 4) is 44.8 Å². The minimum atomic E-state index is -1.57. The first kappa shape index (κ1) is 32.7. The maximum absolute atomic E-state index is 11.3. The number of benzene rings is 12. The zero-order chi connectivity index (χ0) is 76.4. The third-order valence-corrected chi connectivity index (χ3v) is 16.5. The van der Waals surface area contributed by atoms with Gasteiger partial charge in [0, 0.05) is 66.8 Å². The quantitative estimate of drug-likeness (QED) is 0.148. The van der Waals surface area contributed by atoms with Crippen LogP contribution in [0.1, 0.15) is 82.8 Å². The Labute approximate surface area is 529 Å². The van der Waals surface area contributed by atoms with Crippen molar-refractivity contribution in [2.24, 2.45) is 0 Å². The minimum Gasteiger partial charge on any atom is -0.311 e. The zero-order valence-electron chi connectivity index (χ0n) is 69.1. The lowest BCUT2D eigenvalue weighted by atomic mass is 9.33. The van der Waals surface area contributed by atoms with Crippen LogP contribution in [0.5, 0.6) is 0 Å². The third-order valence-electron chi connectivity index (χ3n) is 16.5. The van der Waals surface area contributed by atoms with Gasteiger partial charge in [-0.2, -0.15) is 0 Å². The van der Waals surface area contributed by atoms with Gasteiger partial charge in [-0.05, 0) is 133 Å². The van der Waals surface area contributed by atoms with E-state index in [0.717, 1.165) is 20.3 Å². The van der Waals surface area contributed by atoms with E-state index < -0.39 is 173 Å². The summed E-state index contributed by atoms with van der Waals surface area (Å²) in [5, 5.41) is -1.37. The molecule has 0 bridgehead atoms. The molecule has 0 saturated carbocycles. The van der Waals surface area contributed by atoms with Crippen LogP contribution in [0.3, 0.4) is 0 Å². The minimum absolute atomic E-state index is 0.139. The van der Waals surface area contributed by atoms with Crippen LogP contribution in [0, 0.1) is 0 Å². The lowest BCUT2D eigenvalue weighted by molar-refractivity contribution is 0.590. The van der Waals surface area contributed by atoms with Gasteiger partial charge in [-0.3, -0.25) is 0 Å². The van der Waals surface area contributed by atoms with E-state index in [9.17, 15) is 19.2 Å². The van der Waals surface area contributed by atoms with Crippen LogP contribution in [0.2, 0.25) is 0 Å². The Bertz CT molecular complexity index is 5840. The molecule has 0 amide bonds. The lowest BCUT2D eigenvalue weighted by Crippen LogP contribution is -2.61. The van der Waals surface area contributed by atoms with Crippen LogP contribution in [0.25, 0.3) is 88.4 Å². The van der Waals surface area contributed by atoms with Crippen LogP contribution in [0.15, 0.2) is 272 Å². The number of anilines is 6. The van der Waals surface area contributed by atoms with Crippen LogP contribution in [-0.4, -0.2) is 15.8 Å². The van der Waals surface area contributed by atoms with E-state index >= 15 is 0 Å². The topological polar surface area (TPSA) is 16.3 Å². The molecule has 4 nitrogen and oxygen atoms in total. The van der Waals surface area contributed by atoms with Crippen molar-refractivity contribution in [3.05, 3.63) is 284 Å². The summed E-state index contributed by atoms with van der Waals surface area (Å²) in [6.45, 7) is 10.9. The van der Waals surface area contributed by atoms with Gasteiger partial charge >= 0.3 is 0 Å². The highest BCUT2D eigenvalue weighted by Crippen LogP contribution is 2.51. The van der Waals surface area contributed by atoms with Crippen LogP contribution in [-0.2, 0) is 10.8 Å². The molecule has 16 rings (SSSR count). The van der Waals surface area contributed by atoms with Gasteiger partial charge in [-0.1, -0.05) is 241 Å². The number of hydrogen-bond donors (Lipinski definition) is 0. The molecule has 0 unspecified atom stereocenters. The van der Waals surface area contributed by atoms with Gasteiger partial charge in [0.15, 0.2) is 0 Å². The number of fused-ring (bicyclic) bond motifs is 10. The average molecular weight is 1110 g/mol. The second kappa shape index (κ2) is 19.2. The van der Waals surface area contributed by atoms with E-state index in [1.54, 1.807) is 21.9 Å². The second-order valence-corrected chi connectivity index (χ2v) is 23.6. The fourth-order valence-electron chi connectivity index (χ4n) is 12.5. The summed E-state index contributed by atoms with van der Waals surface area (Å²) in [6, 6.07) is 28.3. The van der Waals surface area contributed by atoms with Crippen molar-refractivity contribution in [3.63, 3.8) is 0 Å². The van der Waals surface area contributed by atoms with Crippen LogP contribution < -0.4 is 26.2 Å². The molecule has 85 heavy (non-hydrogen) atoms. The molecule has 0 fully saturated rings. The molecule has 0 spiro atoms. The number of aromatic nitrogens is 2. The van der Waals surface area contributed by atoms with Crippen LogP contribution >= 0.6 is 0 Å². The molecular weight excluding hydrogens is 1030 g/mol. The van der Waals surface area contributed by atoms with Gasteiger partial charge in [0.1, 0.15) is 0 Å². The summed E-state index contributed by atoms with van der Waals surface area (Å²) in [5.41, 5.74) is 3.40. The molecule has 406 valence electrons. The Morgan fingerprint density at radius 1 is 0.329 bits per heavy atom. The molecule has 5 heteroatoms. The first-order valence-electron chi connectivity index (χ1n) is 39.2. The Balaban J connectivity index is 1.15. The highest BCUT2D eigenvalue weighted by molar-refractivity contribution is 7.00. The first-order valence-corrected chi connectivity index (χ1v) is 28.2. The number of nitrogens with zero attached hydrogens (tertiary/aromatic N) is 4. The summed E-state index contributed by atoms with van der Waals surface area (Å²) >= 11 is 0. The summed E-state index contributed by atoms with van der Waals surface area (Å²) in [5.74, 6) is 0. The van der Waals surface area contributed by atoms with Gasteiger partial charge in [-0.15, -0.1) is 0 Å². The van der Waals surface area contributed by atoms with Crippen LogP contribution in [0.4, 0.5) is 34.1 Å². The summed E-state index contributed by atoms with van der Waals surface area (Å²) in [4.78, 5) is 3.58. The number of para-hydroxylation sites is 6. The average Bonchev–Trinajstić information content (AvgIpc) is 1.54. The molecule has 14 aromatic rings. The van der Waals surface area contributed by atoms with Crippen molar-refractivity contribution >= 4 is 101 Å². The highest BCUT2D eigenvalue weighted by atomic mass is 15.2. The van der Waals surface area contributed by atoms with E-state index in [1.807, 2.05) is 115 Å². The smallest absolute Gasteiger partial charge is 0.252 e. The second-order valence-electron chi connectivity index (χ2n) is 23.6. The van der Waals surface area contributed by atoms with E-state index in [0.29, 0.717) is 61.6 Å². The fourth-order valence-corrected chi connectivity index (χ4v) is 12.5. The Morgan fingerprint density at radius 3 is 1.12 bits per heavy atom. The van der Waals surface area contributed by atoms with Gasteiger partial charge in [-0.25, -0.2) is 0 Å². The standard InChI is InChI=1S/C80H63BN4/c1-79(2,3)56-28-22-26-53(46-56)60-30-10-16-36-68(60)84-74-50-58(82-70-38-18-12-32-62(70)63-33-13-19-39-71(63)82)42-44-66(74)81-67-45-43-59(83-72-40-20-14-34-64(72)65-35-15-21-41-73(65)83)51-75(67)85(77-49-55(48-76(84)78(77)81)52-24-8-7-9-25-52)69-37-17-11-31-61(69)54-27-23-29-57(47-54)80(4,5)6/h7-51H,1-6H3/i12D,13D,14D,15D,18D,19D,20D,21D,32D,33D,34D,35D,38D,39D,40D,41D,42D,43D,44D,45D,50D,51D. The largest absolute Gasteiger partial charge is 0.311 e. The normalized spacial score (nSPS) is 16.6. The van der Waals surface area contributed by atoms with Gasteiger partial charge in [0.25, 0.3) is 6.71 Å². The maximum atomic E-state index is 11.3. The number of hydrogen-bond acceptors (Lipinski definition) is 2.